The molecular weight excluding hydrogens is 545 g/mol. The van der Waals surface area contributed by atoms with E-state index in [0.29, 0.717) is 29.9 Å². The van der Waals surface area contributed by atoms with Crippen LogP contribution in [0.25, 0.3) is 0 Å². The fraction of sp³-hybridized carbons (Fsp3) is 0.414. The van der Waals surface area contributed by atoms with Gasteiger partial charge < -0.3 is 18.9 Å². The summed E-state index contributed by atoms with van der Waals surface area (Å²) in [6.45, 7) is 9.20. The number of aromatic nitrogens is 3. The molecule has 1 N–H and O–H groups in total. The van der Waals surface area contributed by atoms with E-state index in [4.69, 9.17) is 4.74 Å². The standard InChI is InChI=1S/C29H34FN5O5Si/c1-5-14-34-25-12-11-21(35(38)39)16-23(25)29(28(34)37)19(2)27(41(3,4)30)26(40-29)13-15-33-17-24(31-32-33)22(18-36)20-9-7-6-8-10-20/h5-12,16-17,19,22,26-27,36H,1,13-15,18H2,2-4H3/t19-,22?,26+,27-,29+/m0/s1. The zero-order valence-corrected chi connectivity index (χ0v) is 24.3. The van der Waals surface area contributed by atoms with Crippen molar-refractivity contribution < 1.29 is 23.7 Å². The highest BCUT2D eigenvalue weighted by Crippen LogP contribution is 2.60. The average molecular weight is 580 g/mol. The van der Waals surface area contributed by atoms with Crippen molar-refractivity contribution in [3.8, 4) is 0 Å². The minimum Gasteiger partial charge on any atom is -0.395 e. The Bertz CT molecular complexity index is 1460. The third-order valence-electron chi connectivity index (χ3n) is 8.41. The van der Waals surface area contributed by atoms with Crippen LogP contribution in [0.5, 0.6) is 0 Å². The van der Waals surface area contributed by atoms with E-state index >= 15 is 4.11 Å². The van der Waals surface area contributed by atoms with E-state index in [1.54, 1.807) is 36.1 Å². The second kappa shape index (κ2) is 10.9. The number of carbonyl (C=O) groups is 1. The molecule has 5 atom stereocenters. The van der Waals surface area contributed by atoms with Crippen LogP contribution in [0.1, 0.15) is 36.1 Å². The number of aliphatic hydroxyl groups excluding tert-OH is 1. The number of nitrogens with zero attached hydrogens (tertiary/aromatic N) is 5. The minimum absolute atomic E-state index is 0.132. The first-order chi connectivity index (χ1) is 19.5. The lowest BCUT2D eigenvalue weighted by Crippen LogP contribution is -2.45. The predicted octanol–water partition coefficient (Wildman–Crippen LogP) is 4.71. The summed E-state index contributed by atoms with van der Waals surface area (Å²) >= 11 is 0. The van der Waals surface area contributed by atoms with Crippen molar-refractivity contribution in [1.29, 1.82) is 0 Å². The van der Waals surface area contributed by atoms with E-state index in [9.17, 15) is 20.0 Å². The van der Waals surface area contributed by atoms with E-state index < -0.39 is 36.5 Å². The molecule has 1 unspecified atom stereocenters. The third kappa shape index (κ3) is 4.89. The first kappa shape index (κ1) is 28.8. The number of hydrogen-bond donors (Lipinski definition) is 1. The van der Waals surface area contributed by atoms with Crippen molar-refractivity contribution in [2.75, 3.05) is 18.1 Å². The van der Waals surface area contributed by atoms with Crippen LogP contribution in [0, 0.1) is 16.0 Å². The Morgan fingerprint density at radius 1 is 1.29 bits per heavy atom. The molecular formula is C29H34FN5O5Si. The molecule has 41 heavy (non-hydrogen) atoms. The Hall–Kier alpha value is -3.74. The van der Waals surface area contributed by atoms with Crippen molar-refractivity contribution >= 4 is 25.7 Å². The molecule has 2 aliphatic rings. The van der Waals surface area contributed by atoms with E-state index in [0.717, 1.165) is 5.56 Å². The molecule has 3 heterocycles. The van der Waals surface area contributed by atoms with Crippen LogP contribution in [0.15, 0.2) is 67.4 Å². The van der Waals surface area contributed by atoms with Crippen LogP contribution >= 0.6 is 0 Å². The molecule has 1 amide bonds. The van der Waals surface area contributed by atoms with Gasteiger partial charge in [-0.1, -0.05) is 48.5 Å². The lowest BCUT2D eigenvalue weighted by atomic mass is 9.82. The van der Waals surface area contributed by atoms with Gasteiger partial charge in [-0.15, -0.1) is 11.7 Å². The maximum absolute atomic E-state index is 16.0. The SMILES string of the molecule is C=CCN1C(=O)[C@]2(O[C@H](CCn3cc(C(CO)c4ccccc4)nn3)[C@@H]([Si](C)(C)F)[C@@H]2C)c2cc([N+](=O)[O-])ccc21. The van der Waals surface area contributed by atoms with Crippen LogP contribution in [-0.4, -0.2) is 58.6 Å². The summed E-state index contributed by atoms with van der Waals surface area (Å²) in [7, 11) is -3.40. The van der Waals surface area contributed by atoms with Gasteiger partial charge in [0.1, 0.15) is 0 Å². The molecule has 1 fully saturated rings. The second-order valence-corrected chi connectivity index (χ2v) is 15.1. The molecule has 216 valence electrons. The summed E-state index contributed by atoms with van der Waals surface area (Å²) in [4.78, 5) is 26.7. The number of nitro benzene ring substituents is 1. The molecule has 1 spiro atoms. The van der Waals surface area contributed by atoms with Crippen molar-refractivity contribution in [2.24, 2.45) is 5.92 Å². The highest BCUT2D eigenvalue weighted by atomic mass is 28.4. The summed E-state index contributed by atoms with van der Waals surface area (Å²) in [6.07, 6.45) is 3.07. The van der Waals surface area contributed by atoms with Gasteiger partial charge in [-0.05, 0) is 31.1 Å². The summed E-state index contributed by atoms with van der Waals surface area (Å²) in [5.74, 6) is -1.26. The average Bonchev–Trinajstić information content (AvgIpc) is 3.59. The fourth-order valence-corrected chi connectivity index (χ4v) is 9.17. The fourth-order valence-electron chi connectivity index (χ4n) is 6.63. The van der Waals surface area contributed by atoms with Crippen LogP contribution in [0.4, 0.5) is 15.5 Å². The Kier molecular flexibility index (Phi) is 7.66. The number of rotatable bonds is 10. The molecule has 2 aromatic carbocycles. The number of aryl methyl sites for hydroxylation is 1. The number of non-ortho nitro benzene ring substituents is 1. The predicted molar refractivity (Wildman–Crippen MR) is 154 cm³/mol. The number of hydrogen-bond acceptors (Lipinski definition) is 7. The van der Waals surface area contributed by atoms with Crippen LogP contribution < -0.4 is 4.90 Å². The molecule has 10 nitrogen and oxygen atoms in total. The molecule has 1 aromatic heterocycles. The maximum Gasteiger partial charge on any atom is 0.269 e. The Morgan fingerprint density at radius 3 is 2.66 bits per heavy atom. The van der Waals surface area contributed by atoms with Gasteiger partial charge in [0.25, 0.3) is 11.6 Å². The number of carbonyl (C=O) groups excluding carboxylic acids is 1. The monoisotopic (exact) mass is 579 g/mol. The van der Waals surface area contributed by atoms with E-state index in [1.165, 1.54) is 17.0 Å². The Morgan fingerprint density at radius 2 is 2.02 bits per heavy atom. The molecule has 1 saturated heterocycles. The molecule has 0 saturated carbocycles. The van der Waals surface area contributed by atoms with Gasteiger partial charge in [0, 0.05) is 48.4 Å². The van der Waals surface area contributed by atoms with Crippen molar-refractivity contribution in [3.05, 3.63) is 94.3 Å². The number of amides is 1. The first-order valence-corrected chi connectivity index (χ1v) is 16.6. The molecule has 0 bridgehead atoms. The first-order valence-electron chi connectivity index (χ1n) is 13.7. The number of nitro groups is 1. The molecule has 5 rings (SSSR count). The number of fused-ring (bicyclic) bond motifs is 2. The quantitative estimate of drug-likeness (QED) is 0.121. The summed E-state index contributed by atoms with van der Waals surface area (Å²) in [5, 5.41) is 30.2. The topological polar surface area (TPSA) is 124 Å². The van der Waals surface area contributed by atoms with E-state index in [-0.39, 0.29) is 30.7 Å². The normalized spacial score (nSPS) is 24.6. The molecule has 3 aromatic rings. The lowest BCUT2D eigenvalue weighted by molar-refractivity contribution is -0.385. The summed E-state index contributed by atoms with van der Waals surface area (Å²) < 4.78 is 24.3. The van der Waals surface area contributed by atoms with Gasteiger partial charge in [0.15, 0.2) is 5.60 Å². The third-order valence-corrected chi connectivity index (χ3v) is 10.9. The molecule has 2 aliphatic heterocycles. The van der Waals surface area contributed by atoms with Crippen molar-refractivity contribution in [1.82, 2.24) is 15.0 Å². The number of aliphatic hydroxyl groups is 1. The highest BCUT2D eigenvalue weighted by molar-refractivity contribution is 6.72. The van der Waals surface area contributed by atoms with E-state index in [1.807, 2.05) is 37.3 Å². The minimum atomic E-state index is -3.40. The summed E-state index contributed by atoms with van der Waals surface area (Å²) in [5.41, 5.74) is 0.184. The Balaban J connectivity index is 1.46. The maximum atomic E-state index is 16.0. The van der Waals surface area contributed by atoms with Gasteiger partial charge in [0.2, 0.25) is 8.41 Å². The number of anilines is 1. The summed E-state index contributed by atoms with van der Waals surface area (Å²) in [6, 6.07) is 13.8. The smallest absolute Gasteiger partial charge is 0.269 e. The number of ether oxygens (including phenoxy) is 1. The number of benzene rings is 2. The molecule has 0 radical (unpaired) electrons. The number of halogens is 1. The van der Waals surface area contributed by atoms with Crippen LogP contribution in [0.2, 0.25) is 18.6 Å². The zero-order chi connectivity index (χ0) is 29.5. The van der Waals surface area contributed by atoms with Gasteiger partial charge in [-0.25, -0.2) is 0 Å². The molecule has 0 aliphatic carbocycles. The van der Waals surface area contributed by atoms with Gasteiger partial charge in [0.05, 0.1) is 34.9 Å². The van der Waals surface area contributed by atoms with Gasteiger partial charge in [-0.3, -0.25) is 19.6 Å². The van der Waals surface area contributed by atoms with Gasteiger partial charge >= 0.3 is 0 Å². The molecule has 12 heteroatoms. The highest BCUT2D eigenvalue weighted by Gasteiger charge is 2.66. The second-order valence-electron chi connectivity index (χ2n) is 11.3. The van der Waals surface area contributed by atoms with Crippen molar-refractivity contribution in [2.45, 2.75) is 56.1 Å². The largest absolute Gasteiger partial charge is 0.395 e. The lowest BCUT2D eigenvalue weighted by Gasteiger charge is -2.31. The van der Waals surface area contributed by atoms with Gasteiger partial charge in [-0.2, -0.15) is 0 Å². The van der Waals surface area contributed by atoms with Crippen LogP contribution in [0.3, 0.4) is 0 Å². The van der Waals surface area contributed by atoms with Crippen molar-refractivity contribution in [3.63, 3.8) is 0 Å². The van der Waals surface area contributed by atoms with Crippen LogP contribution in [-0.2, 0) is 21.7 Å². The Labute approximate surface area is 238 Å². The zero-order valence-electron chi connectivity index (χ0n) is 23.3. The van der Waals surface area contributed by atoms with E-state index in [2.05, 4.69) is 16.9 Å².